The minimum atomic E-state index is 0.553. The van der Waals surface area contributed by atoms with Crippen molar-refractivity contribution in [2.45, 2.75) is 45.2 Å². The summed E-state index contributed by atoms with van der Waals surface area (Å²) in [6.07, 6.45) is 3.89. The normalized spacial score (nSPS) is 33.8. The van der Waals surface area contributed by atoms with E-state index in [-0.39, 0.29) is 0 Å². The smallest absolute Gasteiger partial charge is 0.0510 e. The van der Waals surface area contributed by atoms with Gasteiger partial charge < -0.3 is 10.5 Å². The van der Waals surface area contributed by atoms with Crippen LogP contribution in [-0.2, 0) is 4.74 Å². The molecule has 2 saturated heterocycles. The van der Waals surface area contributed by atoms with E-state index in [1.807, 2.05) is 0 Å². The van der Waals surface area contributed by atoms with Gasteiger partial charge in [0.25, 0.3) is 0 Å². The van der Waals surface area contributed by atoms with E-state index < -0.39 is 0 Å². The third-order valence-electron chi connectivity index (χ3n) is 4.29. The topological polar surface area (TPSA) is 38.5 Å². The maximum Gasteiger partial charge on any atom is 0.0510 e. The van der Waals surface area contributed by atoms with E-state index in [0.29, 0.717) is 12.0 Å². The van der Waals surface area contributed by atoms with Gasteiger partial charge in [-0.15, -0.1) is 0 Å². The minimum absolute atomic E-state index is 0.553. The van der Waals surface area contributed by atoms with Crippen LogP contribution in [0.4, 0.5) is 0 Å². The van der Waals surface area contributed by atoms with Crippen molar-refractivity contribution in [3.63, 3.8) is 0 Å². The molecular formula is C13H26N2O. The molecule has 0 aromatic carbocycles. The zero-order chi connectivity index (χ0) is 11.5. The maximum absolute atomic E-state index is 6.00. The van der Waals surface area contributed by atoms with Crippen LogP contribution in [0.2, 0.25) is 0 Å². The molecule has 2 N–H and O–H groups in total. The Bertz CT molecular complexity index is 214. The highest BCUT2D eigenvalue weighted by atomic mass is 16.5. The molecule has 0 spiro atoms. The highest BCUT2D eigenvalue weighted by molar-refractivity contribution is 4.91. The number of ether oxygens (including phenoxy) is 1. The molecular weight excluding hydrogens is 200 g/mol. The lowest BCUT2D eigenvalue weighted by Gasteiger charge is -2.37. The van der Waals surface area contributed by atoms with Gasteiger partial charge in [0, 0.05) is 31.2 Å². The van der Waals surface area contributed by atoms with Crippen molar-refractivity contribution in [3.05, 3.63) is 0 Å². The fraction of sp³-hybridized carbons (Fsp3) is 1.00. The first-order valence-electron chi connectivity index (χ1n) is 6.77. The van der Waals surface area contributed by atoms with Gasteiger partial charge in [0.05, 0.1) is 6.61 Å². The zero-order valence-electron chi connectivity index (χ0n) is 10.7. The average molecular weight is 226 g/mol. The highest BCUT2D eigenvalue weighted by Gasteiger charge is 2.36. The van der Waals surface area contributed by atoms with Crippen molar-refractivity contribution >= 4 is 0 Å². The number of likely N-dealkylation sites (tertiary alicyclic amines) is 1. The molecule has 2 aliphatic rings. The zero-order valence-corrected chi connectivity index (χ0v) is 10.7. The summed E-state index contributed by atoms with van der Waals surface area (Å²) in [5, 5.41) is 0. The fourth-order valence-corrected chi connectivity index (χ4v) is 3.40. The van der Waals surface area contributed by atoms with E-state index in [9.17, 15) is 0 Å². The van der Waals surface area contributed by atoms with Gasteiger partial charge in [0.1, 0.15) is 0 Å². The first-order chi connectivity index (χ1) is 7.74. The first-order valence-corrected chi connectivity index (χ1v) is 6.77. The summed E-state index contributed by atoms with van der Waals surface area (Å²) in [7, 11) is 0. The Hall–Kier alpha value is -0.120. The summed E-state index contributed by atoms with van der Waals surface area (Å²) >= 11 is 0. The van der Waals surface area contributed by atoms with E-state index >= 15 is 0 Å². The summed E-state index contributed by atoms with van der Waals surface area (Å²) < 4.78 is 5.51. The van der Waals surface area contributed by atoms with E-state index in [4.69, 9.17) is 10.5 Å². The summed E-state index contributed by atoms with van der Waals surface area (Å²) in [6.45, 7) is 8.55. The standard InChI is InChI=1S/C13H26N2O/c1-10(2)12-4-3-6-15(12)13(8-14)11-5-7-16-9-11/h10-13H,3-9,14H2,1-2H3. The molecule has 2 fully saturated rings. The molecule has 2 aliphatic heterocycles. The van der Waals surface area contributed by atoms with Crippen molar-refractivity contribution in [3.8, 4) is 0 Å². The number of nitrogens with two attached hydrogens (primary N) is 1. The van der Waals surface area contributed by atoms with Crippen LogP contribution < -0.4 is 5.73 Å². The Kier molecular flexibility index (Phi) is 4.22. The fourth-order valence-electron chi connectivity index (χ4n) is 3.40. The molecule has 3 unspecified atom stereocenters. The third-order valence-corrected chi connectivity index (χ3v) is 4.29. The van der Waals surface area contributed by atoms with Crippen molar-refractivity contribution in [1.82, 2.24) is 4.90 Å². The van der Waals surface area contributed by atoms with Crippen LogP contribution >= 0.6 is 0 Å². The Morgan fingerprint density at radius 1 is 1.38 bits per heavy atom. The molecule has 16 heavy (non-hydrogen) atoms. The van der Waals surface area contributed by atoms with Crippen LogP contribution in [0.5, 0.6) is 0 Å². The Labute approximate surface area is 99.3 Å². The van der Waals surface area contributed by atoms with Gasteiger partial charge in [-0.05, 0) is 31.7 Å². The monoisotopic (exact) mass is 226 g/mol. The largest absolute Gasteiger partial charge is 0.381 e. The predicted octanol–water partition coefficient (Wildman–Crippen LogP) is 1.47. The Balaban J connectivity index is 2.01. The lowest BCUT2D eigenvalue weighted by molar-refractivity contribution is 0.0945. The Morgan fingerprint density at radius 3 is 2.75 bits per heavy atom. The molecule has 2 heterocycles. The number of nitrogens with zero attached hydrogens (tertiary/aromatic N) is 1. The molecule has 0 aliphatic carbocycles. The van der Waals surface area contributed by atoms with Crippen LogP contribution in [0.25, 0.3) is 0 Å². The lowest BCUT2D eigenvalue weighted by Crippen LogP contribution is -2.49. The van der Waals surface area contributed by atoms with Crippen molar-refractivity contribution < 1.29 is 4.74 Å². The minimum Gasteiger partial charge on any atom is -0.381 e. The SMILES string of the molecule is CC(C)C1CCCN1C(CN)C1CCOC1. The third kappa shape index (κ3) is 2.41. The molecule has 0 bridgehead atoms. The number of hydrogen-bond acceptors (Lipinski definition) is 3. The second kappa shape index (κ2) is 5.48. The van der Waals surface area contributed by atoms with Crippen LogP contribution in [0.1, 0.15) is 33.1 Å². The van der Waals surface area contributed by atoms with Gasteiger partial charge in [-0.2, -0.15) is 0 Å². The van der Waals surface area contributed by atoms with Gasteiger partial charge in [-0.25, -0.2) is 0 Å². The second-order valence-corrected chi connectivity index (χ2v) is 5.62. The lowest BCUT2D eigenvalue weighted by atomic mass is 9.94. The average Bonchev–Trinajstić information content (AvgIpc) is 2.88. The Morgan fingerprint density at radius 2 is 2.19 bits per heavy atom. The van der Waals surface area contributed by atoms with Crippen LogP contribution in [0.3, 0.4) is 0 Å². The van der Waals surface area contributed by atoms with Crippen LogP contribution in [-0.4, -0.2) is 43.3 Å². The maximum atomic E-state index is 6.00. The number of rotatable bonds is 4. The van der Waals surface area contributed by atoms with Gasteiger partial charge in [0.2, 0.25) is 0 Å². The molecule has 3 nitrogen and oxygen atoms in total. The van der Waals surface area contributed by atoms with E-state index in [1.54, 1.807) is 0 Å². The van der Waals surface area contributed by atoms with Crippen molar-refractivity contribution in [2.75, 3.05) is 26.3 Å². The highest BCUT2D eigenvalue weighted by Crippen LogP contribution is 2.30. The van der Waals surface area contributed by atoms with Gasteiger partial charge in [-0.3, -0.25) is 4.90 Å². The van der Waals surface area contributed by atoms with E-state index in [1.165, 1.54) is 25.8 Å². The van der Waals surface area contributed by atoms with E-state index in [2.05, 4.69) is 18.7 Å². The first kappa shape index (κ1) is 12.3. The quantitative estimate of drug-likeness (QED) is 0.789. The molecule has 3 atom stereocenters. The van der Waals surface area contributed by atoms with Gasteiger partial charge >= 0.3 is 0 Å². The van der Waals surface area contributed by atoms with Crippen molar-refractivity contribution in [1.29, 1.82) is 0 Å². The van der Waals surface area contributed by atoms with Crippen LogP contribution in [0, 0.1) is 11.8 Å². The van der Waals surface area contributed by atoms with Gasteiger partial charge in [-0.1, -0.05) is 13.8 Å². The van der Waals surface area contributed by atoms with Gasteiger partial charge in [0.15, 0.2) is 0 Å². The molecule has 0 aromatic heterocycles. The summed E-state index contributed by atoms with van der Waals surface area (Å²) in [5.41, 5.74) is 6.00. The summed E-state index contributed by atoms with van der Waals surface area (Å²) in [5.74, 6) is 1.42. The summed E-state index contributed by atoms with van der Waals surface area (Å²) in [6, 6.07) is 1.30. The predicted molar refractivity (Wildman–Crippen MR) is 66.3 cm³/mol. The molecule has 0 saturated carbocycles. The molecule has 0 radical (unpaired) electrons. The number of hydrogen-bond donors (Lipinski definition) is 1. The molecule has 2 rings (SSSR count). The second-order valence-electron chi connectivity index (χ2n) is 5.62. The van der Waals surface area contributed by atoms with Crippen LogP contribution in [0.15, 0.2) is 0 Å². The molecule has 0 aromatic rings. The summed E-state index contributed by atoms with van der Waals surface area (Å²) in [4.78, 5) is 2.67. The molecule has 0 amide bonds. The van der Waals surface area contributed by atoms with E-state index in [0.717, 1.165) is 31.7 Å². The molecule has 3 heteroatoms. The van der Waals surface area contributed by atoms with Crippen molar-refractivity contribution in [2.24, 2.45) is 17.6 Å². The molecule has 94 valence electrons.